The molecule has 1 aliphatic rings. The van der Waals surface area contributed by atoms with Gasteiger partial charge in [0.05, 0.1) is 22.7 Å². The van der Waals surface area contributed by atoms with Crippen LogP contribution < -0.4 is 5.56 Å². The average Bonchev–Trinajstić information content (AvgIpc) is 3.25. The van der Waals surface area contributed by atoms with Gasteiger partial charge in [-0.3, -0.25) is 9.69 Å². The Morgan fingerprint density at radius 2 is 2.03 bits per heavy atom. The Bertz CT molecular complexity index is 1410. The first-order chi connectivity index (χ1) is 14.6. The topological polar surface area (TPSA) is 64.3 Å². The van der Waals surface area contributed by atoms with Crippen molar-refractivity contribution in [2.75, 3.05) is 13.1 Å². The predicted octanol–water partition coefficient (Wildman–Crippen LogP) is 4.08. The molecule has 0 saturated heterocycles. The van der Waals surface area contributed by atoms with Crippen molar-refractivity contribution in [3.05, 3.63) is 93.7 Å². The van der Waals surface area contributed by atoms with E-state index in [0.29, 0.717) is 16.6 Å². The molecular weight excluding hydrogens is 379 g/mol. The third-order valence-electron chi connectivity index (χ3n) is 5.69. The summed E-state index contributed by atoms with van der Waals surface area (Å²) < 4.78 is 16.2. The van der Waals surface area contributed by atoms with Crippen molar-refractivity contribution in [1.82, 2.24) is 14.3 Å². The van der Waals surface area contributed by atoms with Crippen LogP contribution in [-0.2, 0) is 6.54 Å². The van der Waals surface area contributed by atoms with Crippen LogP contribution in [0.25, 0.3) is 22.1 Å². The lowest BCUT2D eigenvalue weighted by Gasteiger charge is -2.26. The van der Waals surface area contributed by atoms with E-state index in [1.807, 2.05) is 34.9 Å². The molecule has 148 valence electrons. The first kappa shape index (κ1) is 18.3. The van der Waals surface area contributed by atoms with Crippen molar-refractivity contribution in [1.29, 1.82) is 5.26 Å². The van der Waals surface area contributed by atoms with Gasteiger partial charge in [0, 0.05) is 31.4 Å². The number of aromatic nitrogens is 2. The monoisotopic (exact) mass is 398 g/mol. The predicted molar refractivity (Wildman–Crippen MR) is 115 cm³/mol. The zero-order valence-corrected chi connectivity index (χ0v) is 16.2. The summed E-state index contributed by atoms with van der Waals surface area (Å²) in [6.45, 7) is 2.29. The highest BCUT2D eigenvalue weighted by atomic mass is 19.1. The van der Waals surface area contributed by atoms with E-state index >= 15 is 0 Å². The van der Waals surface area contributed by atoms with Gasteiger partial charge in [0.2, 0.25) is 0 Å². The summed E-state index contributed by atoms with van der Waals surface area (Å²) in [7, 11) is 0. The molecule has 0 aliphatic carbocycles. The SMILES string of the molecule is N#Cc1ccc(C2=CCN(Cc3ccc4c(c3)[nH]c(=O)c3cccn34)CC2)c(F)c1. The van der Waals surface area contributed by atoms with Crippen LogP contribution in [0.4, 0.5) is 4.39 Å². The fourth-order valence-electron chi connectivity index (χ4n) is 4.16. The van der Waals surface area contributed by atoms with Crippen molar-refractivity contribution in [3.8, 4) is 6.07 Å². The molecule has 5 nitrogen and oxygen atoms in total. The van der Waals surface area contributed by atoms with E-state index < -0.39 is 0 Å². The number of fused-ring (bicyclic) bond motifs is 3. The molecule has 4 aromatic rings. The molecule has 0 atom stereocenters. The van der Waals surface area contributed by atoms with E-state index in [1.165, 1.54) is 6.07 Å². The molecule has 30 heavy (non-hydrogen) atoms. The summed E-state index contributed by atoms with van der Waals surface area (Å²) in [6, 6.07) is 16.4. The molecule has 3 heterocycles. The number of hydrogen-bond donors (Lipinski definition) is 1. The van der Waals surface area contributed by atoms with Crippen LogP contribution in [-0.4, -0.2) is 27.4 Å². The molecule has 0 radical (unpaired) electrons. The lowest BCUT2D eigenvalue weighted by molar-refractivity contribution is 0.294. The van der Waals surface area contributed by atoms with Gasteiger partial charge >= 0.3 is 0 Å². The summed E-state index contributed by atoms with van der Waals surface area (Å²) in [6.07, 6.45) is 4.70. The van der Waals surface area contributed by atoms with Gasteiger partial charge in [-0.1, -0.05) is 18.2 Å². The normalized spacial score (nSPS) is 14.7. The highest BCUT2D eigenvalue weighted by Crippen LogP contribution is 2.26. The molecule has 0 spiro atoms. The number of rotatable bonds is 3. The summed E-state index contributed by atoms with van der Waals surface area (Å²) in [4.78, 5) is 17.5. The number of nitriles is 1. The van der Waals surface area contributed by atoms with Gasteiger partial charge < -0.3 is 9.38 Å². The van der Waals surface area contributed by atoms with Gasteiger partial charge in [-0.15, -0.1) is 0 Å². The first-order valence-corrected chi connectivity index (χ1v) is 9.86. The molecule has 1 aliphatic heterocycles. The Morgan fingerprint density at radius 1 is 1.13 bits per heavy atom. The zero-order valence-electron chi connectivity index (χ0n) is 16.2. The number of benzene rings is 2. The van der Waals surface area contributed by atoms with E-state index in [1.54, 1.807) is 18.2 Å². The van der Waals surface area contributed by atoms with E-state index in [0.717, 1.165) is 48.2 Å². The van der Waals surface area contributed by atoms with Crippen LogP contribution in [0.5, 0.6) is 0 Å². The Morgan fingerprint density at radius 3 is 2.80 bits per heavy atom. The lowest BCUT2D eigenvalue weighted by atomic mass is 9.97. The van der Waals surface area contributed by atoms with Gasteiger partial charge in [-0.25, -0.2) is 4.39 Å². The highest BCUT2D eigenvalue weighted by Gasteiger charge is 2.16. The molecule has 0 unspecified atom stereocenters. The smallest absolute Gasteiger partial charge is 0.272 e. The summed E-state index contributed by atoms with van der Waals surface area (Å²) in [5.74, 6) is -0.344. The zero-order chi connectivity index (χ0) is 20.7. The molecule has 5 rings (SSSR count). The summed E-state index contributed by atoms with van der Waals surface area (Å²) in [5, 5.41) is 8.90. The lowest BCUT2D eigenvalue weighted by Crippen LogP contribution is -2.28. The maximum Gasteiger partial charge on any atom is 0.272 e. The summed E-state index contributed by atoms with van der Waals surface area (Å²) in [5.41, 5.74) is 5.33. The van der Waals surface area contributed by atoms with E-state index in [4.69, 9.17) is 5.26 Å². The fourth-order valence-corrected chi connectivity index (χ4v) is 4.16. The molecule has 6 heteroatoms. The van der Waals surface area contributed by atoms with Crippen molar-refractivity contribution < 1.29 is 4.39 Å². The van der Waals surface area contributed by atoms with Crippen molar-refractivity contribution in [2.45, 2.75) is 13.0 Å². The van der Waals surface area contributed by atoms with E-state index in [2.05, 4.69) is 22.0 Å². The number of hydrogen-bond acceptors (Lipinski definition) is 3. The Balaban J connectivity index is 1.36. The van der Waals surface area contributed by atoms with Crippen LogP contribution in [0.3, 0.4) is 0 Å². The maximum atomic E-state index is 14.3. The molecule has 2 aromatic carbocycles. The van der Waals surface area contributed by atoms with Crippen molar-refractivity contribution >= 4 is 22.1 Å². The minimum Gasteiger partial charge on any atom is -0.319 e. The molecular formula is C24H19FN4O. The van der Waals surface area contributed by atoms with E-state index in [-0.39, 0.29) is 11.4 Å². The number of H-pyrrole nitrogens is 1. The Labute approximate surface area is 172 Å². The summed E-state index contributed by atoms with van der Waals surface area (Å²) >= 11 is 0. The molecule has 0 saturated carbocycles. The third-order valence-corrected chi connectivity index (χ3v) is 5.69. The highest BCUT2D eigenvalue weighted by molar-refractivity contribution is 5.79. The number of nitrogens with zero attached hydrogens (tertiary/aromatic N) is 3. The third kappa shape index (κ3) is 3.19. The number of halogens is 1. The number of nitrogens with one attached hydrogen (secondary N) is 1. The van der Waals surface area contributed by atoms with Gasteiger partial charge in [0.1, 0.15) is 11.3 Å². The van der Waals surface area contributed by atoms with Gasteiger partial charge in [-0.05, 0) is 54.0 Å². The molecule has 1 N–H and O–H groups in total. The largest absolute Gasteiger partial charge is 0.319 e. The van der Waals surface area contributed by atoms with Crippen LogP contribution in [0.15, 0.2) is 65.6 Å². The first-order valence-electron chi connectivity index (χ1n) is 9.86. The quantitative estimate of drug-likeness (QED) is 0.566. The van der Waals surface area contributed by atoms with Crippen molar-refractivity contribution in [3.63, 3.8) is 0 Å². The average molecular weight is 398 g/mol. The fraction of sp³-hybridized carbons (Fsp3) is 0.167. The molecule has 0 fully saturated rings. The second-order valence-electron chi connectivity index (χ2n) is 7.59. The second-order valence-corrected chi connectivity index (χ2v) is 7.59. The minimum atomic E-state index is -0.344. The molecule has 2 aromatic heterocycles. The van der Waals surface area contributed by atoms with E-state index in [9.17, 15) is 9.18 Å². The minimum absolute atomic E-state index is 0.0976. The molecule has 0 bridgehead atoms. The maximum absolute atomic E-state index is 14.3. The van der Waals surface area contributed by atoms with Crippen LogP contribution >= 0.6 is 0 Å². The Kier molecular flexibility index (Phi) is 4.46. The molecule has 0 amide bonds. The Hall–Kier alpha value is -3.69. The van der Waals surface area contributed by atoms with Crippen LogP contribution in [0.2, 0.25) is 0 Å². The van der Waals surface area contributed by atoms with Gasteiger partial charge in [-0.2, -0.15) is 5.26 Å². The van der Waals surface area contributed by atoms with Crippen molar-refractivity contribution in [2.24, 2.45) is 0 Å². The standard InChI is InChI=1S/C24H19FN4O/c25-20-12-16(14-26)3-5-19(20)18-7-10-28(11-8-18)15-17-4-6-22-21(13-17)27-24(30)23-2-1-9-29(22)23/h1-7,9,12-13H,8,10-11,15H2,(H,27,30). The van der Waals surface area contributed by atoms with Crippen LogP contribution in [0, 0.1) is 17.1 Å². The number of aromatic amines is 1. The van der Waals surface area contributed by atoms with Gasteiger partial charge in [0.25, 0.3) is 5.56 Å². The van der Waals surface area contributed by atoms with Crippen LogP contribution in [0.1, 0.15) is 23.1 Å². The van der Waals surface area contributed by atoms with Gasteiger partial charge in [0.15, 0.2) is 0 Å². The second kappa shape index (κ2) is 7.29.